The van der Waals surface area contributed by atoms with Gasteiger partial charge in [0.1, 0.15) is 24.6 Å². The summed E-state index contributed by atoms with van der Waals surface area (Å²) in [5.41, 5.74) is 6.09. The first-order valence-electron chi connectivity index (χ1n) is 31.6. The molecule has 16 nitrogen and oxygen atoms in total. The standard InChI is InChI=1S/C21H31NO5.C21H33NO4.C21H30O5/c1-19(6-3-13-11-17(19)18(23)27-13)15-4-7-20(2)16(14(15)12-22-24)5-8-21(20)25-9-10-26-21;2*1-19(6-3-13-11-17(19)18(23)26-13)15-4-7-20(2)16(14(15)12-22)5-8-21(20)24-9-10-25-21/h12-17,24H,3-11H2,1-2H3;13-17H,3-12,22H2,1-2H3;12-17H,3-11H2,1-2H3/b22-12-;;/t3*13-,14+,15-,16-,17+,19+,20-/m000/s1. The summed E-state index contributed by atoms with van der Waals surface area (Å²) in [5.74, 6) is 1.44. The molecule has 0 radical (unpaired) electrons. The number of ether oxygens (including phenoxy) is 9. The van der Waals surface area contributed by atoms with E-state index in [1.807, 2.05) is 0 Å². The molecule has 15 rings (SSSR count). The van der Waals surface area contributed by atoms with Gasteiger partial charge in [-0.1, -0.05) is 41.5 Å². The number of carbonyl (C=O) groups is 4. The van der Waals surface area contributed by atoms with Gasteiger partial charge in [-0.2, -0.15) is 0 Å². The summed E-state index contributed by atoms with van der Waals surface area (Å²) in [6.45, 7) is 18.6. The highest BCUT2D eigenvalue weighted by Crippen LogP contribution is 2.71. The molecule has 3 spiro atoms. The van der Waals surface area contributed by atoms with Gasteiger partial charge in [-0.25, -0.2) is 0 Å². The first kappa shape index (κ1) is 55.5. The number of rotatable bonds is 6. The van der Waals surface area contributed by atoms with E-state index in [1.54, 1.807) is 6.21 Å². The molecule has 0 aromatic carbocycles. The lowest BCUT2D eigenvalue weighted by molar-refractivity contribution is -0.242. The summed E-state index contributed by atoms with van der Waals surface area (Å²) in [7, 11) is 0. The van der Waals surface area contributed by atoms with Crippen LogP contribution in [0.2, 0.25) is 0 Å². The van der Waals surface area contributed by atoms with Gasteiger partial charge in [0, 0.05) is 53.6 Å². The maximum atomic E-state index is 12.5. The number of hydrogen-bond donors (Lipinski definition) is 2. The normalized spacial score (nSPS) is 51.8. The maximum absolute atomic E-state index is 12.5. The molecule has 9 saturated carbocycles. The van der Waals surface area contributed by atoms with E-state index in [0.717, 1.165) is 135 Å². The summed E-state index contributed by atoms with van der Waals surface area (Å²) in [5, 5.41) is 13.0. The van der Waals surface area contributed by atoms with Gasteiger partial charge < -0.3 is 58.4 Å². The minimum Gasteiger partial charge on any atom is -0.462 e. The fourth-order valence-corrected chi connectivity index (χ4v) is 22.9. The molecule has 440 valence electrons. The van der Waals surface area contributed by atoms with Crippen molar-refractivity contribution < 1.29 is 67.0 Å². The molecule has 9 aliphatic carbocycles. The monoisotopic (exact) mass is 1100 g/mol. The lowest BCUT2D eigenvalue weighted by atomic mass is 9.49. The molecule has 79 heavy (non-hydrogen) atoms. The topological polar surface area (TPSA) is 210 Å². The predicted octanol–water partition coefficient (Wildman–Crippen LogP) is 9.33. The SMILES string of the molecule is C[C@]1([C@H]2CC[C@@]3(C)[C@@H](CCC34OCCO4)[C@@H]2/C=N\O)CC[C@H]2C[C@@H]1C(=O)O2.C[C@]1([C@H]2CC[C@@]3(C)[C@@H](CCC34OCCO4)[C@@H]2C=O)CC[C@H]2C[C@@H]1C(=O)O2.C[C@]1([C@H]2CC[C@@]3(C)[C@@H](CCC34OCCO4)[C@@H]2CN)CC[C@H]2C[C@@H]1C(=O)O2. The molecular weight excluding hydrogens is 1010 g/mol. The maximum Gasteiger partial charge on any atom is 0.309 e. The number of esters is 3. The third kappa shape index (κ3) is 7.89. The van der Waals surface area contributed by atoms with Crippen molar-refractivity contribution in [2.45, 2.75) is 212 Å². The van der Waals surface area contributed by atoms with Gasteiger partial charge in [0.05, 0.1) is 57.4 Å². The summed E-state index contributed by atoms with van der Waals surface area (Å²) in [6, 6.07) is 0. The number of carbonyl (C=O) groups excluding carboxylic acids is 4. The molecule has 21 atom stereocenters. The molecule has 16 heteroatoms. The van der Waals surface area contributed by atoms with E-state index in [9.17, 15) is 24.4 Å². The van der Waals surface area contributed by atoms with Gasteiger partial charge in [0.2, 0.25) is 0 Å². The number of hydrogen-bond acceptors (Lipinski definition) is 16. The summed E-state index contributed by atoms with van der Waals surface area (Å²) < 4.78 is 53.7. The van der Waals surface area contributed by atoms with Crippen molar-refractivity contribution in [3.05, 3.63) is 0 Å². The van der Waals surface area contributed by atoms with Crippen molar-refractivity contribution in [3.63, 3.8) is 0 Å². The van der Waals surface area contributed by atoms with E-state index < -0.39 is 11.6 Å². The fraction of sp³-hybridized carbons (Fsp3) is 0.921. The number of fused-ring (bicyclic) bond motifs is 12. The minimum absolute atomic E-state index is 0.0154. The van der Waals surface area contributed by atoms with E-state index in [2.05, 4.69) is 46.7 Å². The van der Waals surface area contributed by atoms with Gasteiger partial charge >= 0.3 is 17.9 Å². The molecule has 15 aliphatic rings. The van der Waals surface area contributed by atoms with E-state index in [4.69, 9.17) is 48.4 Å². The van der Waals surface area contributed by atoms with E-state index in [0.29, 0.717) is 75.8 Å². The summed E-state index contributed by atoms with van der Waals surface area (Å²) in [6.07, 6.45) is 24.1. The highest BCUT2D eigenvalue weighted by Gasteiger charge is 2.71. The predicted molar refractivity (Wildman–Crippen MR) is 286 cm³/mol. The van der Waals surface area contributed by atoms with Crippen LogP contribution >= 0.6 is 0 Å². The summed E-state index contributed by atoms with van der Waals surface area (Å²) in [4.78, 5) is 49.8. The van der Waals surface area contributed by atoms with Crippen molar-refractivity contribution in [1.29, 1.82) is 0 Å². The molecule has 6 heterocycles. The second-order valence-electron chi connectivity index (χ2n) is 29.6. The molecule has 3 N–H and O–H groups in total. The highest BCUT2D eigenvalue weighted by molar-refractivity contribution is 5.77. The zero-order valence-electron chi connectivity index (χ0n) is 48.4. The molecule has 0 amide bonds. The molecule has 6 bridgehead atoms. The Morgan fingerprint density at radius 2 is 0.785 bits per heavy atom. The van der Waals surface area contributed by atoms with E-state index >= 15 is 0 Å². The van der Waals surface area contributed by atoms with Crippen LogP contribution in [0.1, 0.15) is 176 Å². The number of nitrogens with two attached hydrogens (primary N) is 1. The van der Waals surface area contributed by atoms with Crippen LogP contribution in [0, 0.1) is 104 Å². The smallest absolute Gasteiger partial charge is 0.309 e. The Morgan fingerprint density at radius 3 is 1.16 bits per heavy atom. The minimum atomic E-state index is -0.491. The van der Waals surface area contributed by atoms with E-state index in [-0.39, 0.29) is 116 Å². The Morgan fingerprint density at radius 1 is 0.456 bits per heavy atom. The van der Waals surface area contributed by atoms with Crippen LogP contribution in [-0.2, 0) is 61.8 Å². The van der Waals surface area contributed by atoms with Crippen molar-refractivity contribution >= 4 is 30.4 Å². The highest BCUT2D eigenvalue weighted by atomic mass is 16.8. The van der Waals surface area contributed by atoms with E-state index in [1.165, 1.54) is 6.29 Å². The first-order chi connectivity index (χ1) is 37.8. The lowest BCUT2D eigenvalue weighted by Crippen LogP contribution is -2.56. The van der Waals surface area contributed by atoms with Crippen molar-refractivity contribution in [1.82, 2.24) is 0 Å². The Balaban J connectivity index is 0.000000112. The molecular formula is C63H94N2O14. The van der Waals surface area contributed by atoms with Gasteiger partial charge in [-0.05, 0) is 180 Å². The second kappa shape index (κ2) is 19.7. The molecule has 6 aliphatic heterocycles. The first-order valence-corrected chi connectivity index (χ1v) is 31.6. The Bertz CT molecular complexity index is 2400. The van der Waals surface area contributed by atoms with Crippen LogP contribution < -0.4 is 5.73 Å². The second-order valence-corrected chi connectivity index (χ2v) is 29.6. The number of oxime groups is 1. The van der Waals surface area contributed by atoms with Gasteiger partial charge in [-0.3, -0.25) is 14.4 Å². The Labute approximate surface area is 468 Å². The van der Waals surface area contributed by atoms with Crippen molar-refractivity contribution in [2.24, 2.45) is 114 Å². The number of nitrogens with zero attached hydrogens (tertiary/aromatic N) is 1. The van der Waals surface area contributed by atoms with Gasteiger partial charge in [0.25, 0.3) is 0 Å². The third-order valence-corrected chi connectivity index (χ3v) is 27.3. The third-order valence-electron chi connectivity index (χ3n) is 27.3. The van der Waals surface area contributed by atoms with Gasteiger partial charge in [-0.15, -0.1) is 5.16 Å². The van der Waals surface area contributed by atoms with Crippen LogP contribution in [0.3, 0.4) is 0 Å². The Kier molecular flexibility index (Phi) is 13.8. The van der Waals surface area contributed by atoms with Crippen LogP contribution in [0.4, 0.5) is 0 Å². The van der Waals surface area contributed by atoms with Crippen molar-refractivity contribution in [2.75, 3.05) is 46.2 Å². The molecule has 0 aromatic heterocycles. The Hall–Kier alpha value is -2.73. The largest absolute Gasteiger partial charge is 0.462 e. The summed E-state index contributed by atoms with van der Waals surface area (Å²) >= 11 is 0. The average molecular weight is 1100 g/mol. The van der Waals surface area contributed by atoms with Crippen LogP contribution in [0.15, 0.2) is 5.16 Å². The van der Waals surface area contributed by atoms with Crippen LogP contribution in [0.25, 0.3) is 0 Å². The quantitative estimate of drug-likeness (QED) is 0.0634. The van der Waals surface area contributed by atoms with Crippen LogP contribution in [0.5, 0.6) is 0 Å². The molecule has 6 saturated heterocycles. The van der Waals surface area contributed by atoms with Crippen LogP contribution in [-0.4, -0.2) is 117 Å². The average Bonchev–Trinajstić information content (AvgIpc) is 4.52. The van der Waals surface area contributed by atoms with Gasteiger partial charge in [0.15, 0.2) is 17.4 Å². The lowest BCUT2D eigenvalue weighted by Gasteiger charge is -2.56. The number of aldehydes is 1. The molecule has 0 aromatic rings. The zero-order valence-corrected chi connectivity index (χ0v) is 48.4. The van der Waals surface area contributed by atoms with Crippen molar-refractivity contribution in [3.8, 4) is 0 Å². The zero-order chi connectivity index (χ0) is 55.2. The fourth-order valence-electron chi connectivity index (χ4n) is 22.9. The molecule has 15 fully saturated rings. The molecule has 0 unspecified atom stereocenters.